The van der Waals surface area contributed by atoms with Crippen LogP contribution in [0.1, 0.15) is 5.69 Å². The van der Waals surface area contributed by atoms with Gasteiger partial charge in [-0.05, 0) is 19.1 Å². The minimum atomic E-state index is -0.291. The first kappa shape index (κ1) is 7.01. The lowest BCUT2D eigenvalue weighted by Crippen LogP contribution is -2.28. The number of aromatic nitrogens is 2. The number of nitrogen functional groups attached to an aromatic ring is 1. The largest absolute Gasteiger partial charge is 0.335 e. The number of nitrogens with one attached hydrogen (secondary N) is 1. The second-order valence-electron chi connectivity index (χ2n) is 1.97. The van der Waals surface area contributed by atoms with Crippen molar-refractivity contribution in [1.82, 2.24) is 9.66 Å². The van der Waals surface area contributed by atoms with Crippen molar-refractivity contribution in [2.45, 2.75) is 6.92 Å². The molecule has 10 heavy (non-hydrogen) atoms. The van der Waals surface area contributed by atoms with Crippen LogP contribution in [0.4, 0.5) is 0 Å². The lowest BCUT2D eigenvalue weighted by atomic mass is 10.5. The second-order valence-corrected chi connectivity index (χ2v) is 2.35. The molecule has 1 rings (SSSR count). The van der Waals surface area contributed by atoms with Gasteiger partial charge in [-0.1, -0.05) is 0 Å². The molecule has 54 valence electrons. The highest BCUT2D eigenvalue weighted by molar-refractivity contribution is 7.71. The quantitative estimate of drug-likeness (QED) is 0.409. The summed E-state index contributed by atoms with van der Waals surface area (Å²) in [6.07, 6.45) is 0. The van der Waals surface area contributed by atoms with Crippen LogP contribution in [0.15, 0.2) is 10.9 Å². The van der Waals surface area contributed by atoms with Gasteiger partial charge in [0.25, 0.3) is 5.56 Å². The minimum absolute atomic E-state index is 0.241. The number of hydrogen-bond acceptors (Lipinski definition) is 3. The maximum absolute atomic E-state index is 10.8. The van der Waals surface area contributed by atoms with E-state index >= 15 is 0 Å². The standard InChI is InChI=1S/C5H7N3OS/c1-3-2-4(9)8(6)5(10)7-3/h2H,6H2,1H3,(H,7,10). The molecule has 1 heterocycles. The Hall–Kier alpha value is -1.10. The van der Waals surface area contributed by atoms with Crippen molar-refractivity contribution in [2.75, 3.05) is 5.84 Å². The molecule has 0 fully saturated rings. The normalized spacial score (nSPS) is 9.70. The third-order valence-corrected chi connectivity index (χ3v) is 1.40. The van der Waals surface area contributed by atoms with E-state index in [4.69, 9.17) is 18.1 Å². The molecule has 0 spiro atoms. The molecule has 0 saturated carbocycles. The summed E-state index contributed by atoms with van der Waals surface area (Å²) < 4.78 is 1.13. The Labute approximate surface area is 62.3 Å². The Bertz CT molecular complexity index is 319. The summed E-state index contributed by atoms with van der Waals surface area (Å²) in [7, 11) is 0. The van der Waals surface area contributed by atoms with Crippen LogP contribution in [-0.4, -0.2) is 9.66 Å². The molecule has 0 radical (unpaired) electrons. The molecule has 1 aromatic rings. The summed E-state index contributed by atoms with van der Waals surface area (Å²) in [4.78, 5) is 13.5. The summed E-state index contributed by atoms with van der Waals surface area (Å²) in [5.41, 5.74) is 0.429. The molecule has 5 heteroatoms. The molecule has 0 bridgehead atoms. The summed E-state index contributed by atoms with van der Waals surface area (Å²) in [5.74, 6) is 5.22. The lowest BCUT2D eigenvalue weighted by Gasteiger charge is -1.96. The third-order valence-electron chi connectivity index (χ3n) is 1.10. The molecule has 0 aromatic carbocycles. The van der Waals surface area contributed by atoms with Gasteiger partial charge in [-0.3, -0.25) is 4.79 Å². The summed E-state index contributed by atoms with van der Waals surface area (Å²) in [6.45, 7) is 1.75. The van der Waals surface area contributed by atoms with E-state index in [1.54, 1.807) is 6.92 Å². The van der Waals surface area contributed by atoms with Gasteiger partial charge < -0.3 is 10.8 Å². The first-order valence-electron chi connectivity index (χ1n) is 2.69. The predicted octanol–water partition coefficient (Wildman–Crippen LogP) is -0.0719. The van der Waals surface area contributed by atoms with Crippen LogP contribution in [0, 0.1) is 11.7 Å². The molecule has 0 unspecified atom stereocenters. The number of hydrogen-bond donors (Lipinski definition) is 2. The first-order chi connectivity index (χ1) is 4.61. The zero-order valence-electron chi connectivity index (χ0n) is 5.42. The molecular formula is C5H7N3OS. The van der Waals surface area contributed by atoms with E-state index in [-0.39, 0.29) is 10.3 Å². The average molecular weight is 157 g/mol. The molecule has 0 aliphatic rings. The van der Waals surface area contributed by atoms with Crippen molar-refractivity contribution in [3.05, 3.63) is 26.9 Å². The Balaban J connectivity index is 3.62. The zero-order valence-corrected chi connectivity index (χ0v) is 6.23. The van der Waals surface area contributed by atoms with Gasteiger partial charge in [-0.25, -0.2) is 0 Å². The van der Waals surface area contributed by atoms with E-state index in [2.05, 4.69) is 4.98 Å². The Morgan fingerprint density at radius 1 is 1.80 bits per heavy atom. The SMILES string of the molecule is Cc1cc(=O)n(N)c(=S)[nH]1. The highest BCUT2D eigenvalue weighted by atomic mass is 32.1. The fourth-order valence-corrected chi connectivity index (χ4v) is 0.871. The van der Waals surface area contributed by atoms with Crippen molar-refractivity contribution >= 4 is 12.2 Å². The number of H-pyrrole nitrogens is 1. The van der Waals surface area contributed by atoms with Gasteiger partial charge in [-0.2, -0.15) is 4.68 Å². The van der Waals surface area contributed by atoms with Gasteiger partial charge >= 0.3 is 0 Å². The molecule has 0 amide bonds. The Kier molecular flexibility index (Phi) is 1.58. The number of rotatable bonds is 0. The Morgan fingerprint density at radius 3 is 2.90 bits per heavy atom. The van der Waals surface area contributed by atoms with Crippen molar-refractivity contribution < 1.29 is 0 Å². The molecule has 1 aromatic heterocycles. The van der Waals surface area contributed by atoms with E-state index in [1.807, 2.05) is 0 Å². The highest BCUT2D eigenvalue weighted by Gasteiger charge is 1.91. The summed E-state index contributed by atoms with van der Waals surface area (Å²) >= 11 is 4.71. The van der Waals surface area contributed by atoms with Gasteiger partial charge in [0.2, 0.25) is 0 Å². The molecule has 4 nitrogen and oxygen atoms in total. The Morgan fingerprint density at radius 2 is 2.40 bits per heavy atom. The molecule has 0 saturated heterocycles. The average Bonchev–Trinajstić information content (AvgIpc) is 1.82. The maximum atomic E-state index is 10.8. The molecule has 0 atom stereocenters. The number of nitrogens with two attached hydrogens (primary N) is 1. The monoisotopic (exact) mass is 157 g/mol. The number of nitrogens with zero attached hydrogens (tertiary/aromatic N) is 1. The van der Waals surface area contributed by atoms with Crippen molar-refractivity contribution in [2.24, 2.45) is 0 Å². The molecular weight excluding hydrogens is 150 g/mol. The van der Waals surface area contributed by atoms with Gasteiger partial charge in [0.05, 0.1) is 0 Å². The van der Waals surface area contributed by atoms with Crippen molar-refractivity contribution in [1.29, 1.82) is 0 Å². The van der Waals surface area contributed by atoms with E-state index in [0.717, 1.165) is 10.4 Å². The van der Waals surface area contributed by atoms with Crippen LogP contribution < -0.4 is 11.4 Å². The zero-order chi connectivity index (χ0) is 7.72. The topological polar surface area (TPSA) is 63.8 Å². The van der Waals surface area contributed by atoms with Crippen LogP contribution in [0.3, 0.4) is 0 Å². The molecule has 0 aliphatic carbocycles. The summed E-state index contributed by atoms with van der Waals surface area (Å²) in [5, 5.41) is 0. The predicted molar refractivity (Wildman–Crippen MR) is 40.8 cm³/mol. The van der Waals surface area contributed by atoms with Gasteiger partial charge in [0, 0.05) is 11.8 Å². The van der Waals surface area contributed by atoms with Crippen LogP contribution >= 0.6 is 12.2 Å². The van der Waals surface area contributed by atoms with Crippen molar-refractivity contribution in [3.8, 4) is 0 Å². The smallest absolute Gasteiger partial charge is 0.272 e. The van der Waals surface area contributed by atoms with E-state index < -0.39 is 0 Å². The van der Waals surface area contributed by atoms with Crippen LogP contribution in [0.25, 0.3) is 0 Å². The van der Waals surface area contributed by atoms with E-state index in [9.17, 15) is 4.79 Å². The fourth-order valence-electron chi connectivity index (χ4n) is 0.620. The van der Waals surface area contributed by atoms with Gasteiger partial charge in [0.1, 0.15) is 0 Å². The van der Waals surface area contributed by atoms with Gasteiger partial charge in [0.15, 0.2) is 4.77 Å². The van der Waals surface area contributed by atoms with Crippen LogP contribution in [0.2, 0.25) is 0 Å². The third kappa shape index (κ3) is 1.08. The molecule has 0 aliphatic heterocycles. The van der Waals surface area contributed by atoms with Crippen LogP contribution in [-0.2, 0) is 0 Å². The van der Waals surface area contributed by atoms with Crippen molar-refractivity contribution in [3.63, 3.8) is 0 Å². The molecule has 3 N–H and O–H groups in total. The first-order valence-corrected chi connectivity index (χ1v) is 3.10. The minimum Gasteiger partial charge on any atom is -0.335 e. The van der Waals surface area contributed by atoms with E-state index in [0.29, 0.717) is 0 Å². The second kappa shape index (κ2) is 2.26. The fraction of sp³-hybridized carbons (Fsp3) is 0.200. The number of aromatic amines is 1. The highest BCUT2D eigenvalue weighted by Crippen LogP contribution is 1.83. The van der Waals surface area contributed by atoms with Crippen LogP contribution in [0.5, 0.6) is 0 Å². The maximum Gasteiger partial charge on any atom is 0.272 e. The number of aryl methyl sites for hydroxylation is 1. The van der Waals surface area contributed by atoms with Gasteiger partial charge in [-0.15, -0.1) is 0 Å². The summed E-state index contributed by atoms with van der Waals surface area (Å²) in [6, 6.07) is 1.38. The van der Waals surface area contributed by atoms with E-state index in [1.165, 1.54) is 6.07 Å². The lowest BCUT2D eigenvalue weighted by molar-refractivity contribution is 0.853.